The van der Waals surface area contributed by atoms with E-state index in [-0.39, 0.29) is 5.91 Å². The van der Waals surface area contributed by atoms with Gasteiger partial charge in [0.2, 0.25) is 5.91 Å². The van der Waals surface area contributed by atoms with Crippen molar-refractivity contribution in [3.05, 3.63) is 47.0 Å². The second-order valence-electron chi connectivity index (χ2n) is 5.36. The molecule has 6 heteroatoms. The fourth-order valence-electron chi connectivity index (χ4n) is 2.44. The maximum absolute atomic E-state index is 12.3. The highest BCUT2D eigenvalue weighted by molar-refractivity contribution is 7.19. The van der Waals surface area contributed by atoms with Crippen LogP contribution in [0.3, 0.4) is 0 Å². The van der Waals surface area contributed by atoms with Crippen LogP contribution in [0.5, 0.6) is 0 Å². The highest BCUT2D eigenvalue weighted by Gasteiger charge is 2.11. The predicted molar refractivity (Wildman–Crippen MR) is 92.9 cm³/mol. The summed E-state index contributed by atoms with van der Waals surface area (Å²) in [6, 6.07) is 12.1. The molecule has 1 aromatic carbocycles. The lowest BCUT2D eigenvalue weighted by atomic mass is 10.2. The van der Waals surface area contributed by atoms with Gasteiger partial charge >= 0.3 is 0 Å². The molecule has 0 saturated carbocycles. The Hall–Kier alpha value is -2.18. The smallest absolute Gasteiger partial charge is 0.230 e. The zero-order valence-corrected chi connectivity index (χ0v) is 14.0. The van der Waals surface area contributed by atoms with Crippen LogP contribution in [-0.4, -0.2) is 29.4 Å². The molecule has 23 heavy (non-hydrogen) atoms. The van der Waals surface area contributed by atoms with Gasteiger partial charge in [0.25, 0.3) is 0 Å². The van der Waals surface area contributed by atoms with E-state index in [1.54, 1.807) is 23.1 Å². The van der Waals surface area contributed by atoms with Crippen LogP contribution in [0.4, 0.5) is 5.82 Å². The minimum Gasteiger partial charge on any atom is -0.384 e. The van der Waals surface area contributed by atoms with Crippen molar-refractivity contribution in [2.24, 2.45) is 7.05 Å². The van der Waals surface area contributed by atoms with Crippen LogP contribution in [0.2, 0.25) is 0 Å². The highest BCUT2D eigenvalue weighted by Crippen LogP contribution is 2.25. The van der Waals surface area contributed by atoms with E-state index in [2.05, 4.69) is 28.6 Å². The monoisotopic (exact) mass is 329 g/mol. The molecule has 0 unspecified atom stereocenters. The summed E-state index contributed by atoms with van der Waals surface area (Å²) in [4.78, 5) is 13.3. The van der Waals surface area contributed by atoms with Gasteiger partial charge in [-0.15, -0.1) is 11.3 Å². The van der Waals surface area contributed by atoms with Crippen LogP contribution in [0, 0.1) is 0 Å². The lowest BCUT2D eigenvalue weighted by molar-refractivity contribution is -0.115. The number of carbonyl (C=O) groups is 1. The topological polar surface area (TPSA) is 56.1 Å². The molecular formula is C17H19N3O2S. The average Bonchev–Trinajstić information content (AvgIpc) is 3.08. The highest BCUT2D eigenvalue weighted by atomic mass is 32.1. The SMILES string of the molecule is COCCc1cc(NC(=O)Cc2cc3ccccc3s2)n(C)n1. The van der Waals surface area contributed by atoms with Crippen molar-refractivity contribution in [1.82, 2.24) is 9.78 Å². The number of nitrogens with zero attached hydrogens (tertiary/aromatic N) is 2. The Kier molecular flexibility index (Phi) is 4.73. The van der Waals surface area contributed by atoms with Gasteiger partial charge in [-0.1, -0.05) is 18.2 Å². The largest absolute Gasteiger partial charge is 0.384 e. The Morgan fingerprint density at radius 1 is 1.35 bits per heavy atom. The normalized spacial score (nSPS) is 11.0. The first-order valence-electron chi connectivity index (χ1n) is 7.45. The van der Waals surface area contributed by atoms with Crippen LogP contribution in [0.15, 0.2) is 36.4 Å². The number of anilines is 1. The molecule has 0 fully saturated rings. The molecule has 0 atom stereocenters. The number of rotatable bonds is 6. The number of carbonyl (C=O) groups excluding carboxylic acids is 1. The first-order chi connectivity index (χ1) is 11.2. The molecule has 2 aromatic heterocycles. The minimum absolute atomic E-state index is 0.0298. The Morgan fingerprint density at radius 3 is 2.96 bits per heavy atom. The van der Waals surface area contributed by atoms with E-state index >= 15 is 0 Å². The number of hydrogen-bond acceptors (Lipinski definition) is 4. The Morgan fingerprint density at radius 2 is 2.17 bits per heavy atom. The van der Waals surface area contributed by atoms with Crippen molar-refractivity contribution in [2.75, 3.05) is 19.0 Å². The molecule has 0 saturated heterocycles. The molecule has 5 nitrogen and oxygen atoms in total. The van der Waals surface area contributed by atoms with Crippen LogP contribution in [-0.2, 0) is 29.4 Å². The van der Waals surface area contributed by atoms with E-state index in [0.29, 0.717) is 18.8 Å². The molecule has 120 valence electrons. The number of aryl methyl sites for hydroxylation is 1. The first-order valence-corrected chi connectivity index (χ1v) is 8.26. The summed E-state index contributed by atoms with van der Waals surface area (Å²) < 4.78 is 7.94. The van der Waals surface area contributed by atoms with Gasteiger partial charge in [0.05, 0.1) is 18.7 Å². The second-order valence-corrected chi connectivity index (χ2v) is 6.53. The number of nitrogens with one attached hydrogen (secondary N) is 1. The van der Waals surface area contributed by atoms with Gasteiger partial charge in [-0.05, 0) is 17.5 Å². The van der Waals surface area contributed by atoms with Crippen molar-refractivity contribution in [2.45, 2.75) is 12.8 Å². The number of amides is 1. The minimum atomic E-state index is -0.0298. The van der Waals surface area contributed by atoms with Crippen LogP contribution < -0.4 is 5.32 Å². The third kappa shape index (κ3) is 3.78. The van der Waals surface area contributed by atoms with Gasteiger partial charge in [0.15, 0.2) is 0 Å². The van der Waals surface area contributed by atoms with Crippen molar-refractivity contribution in [3.63, 3.8) is 0 Å². The van der Waals surface area contributed by atoms with Gasteiger partial charge in [0, 0.05) is 36.2 Å². The Labute approximate surface area is 138 Å². The molecule has 1 N–H and O–H groups in total. The maximum atomic E-state index is 12.3. The van der Waals surface area contributed by atoms with E-state index in [0.717, 1.165) is 17.0 Å². The van der Waals surface area contributed by atoms with E-state index in [4.69, 9.17) is 4.74 Å². The number of fused-ring (bicyclic) bond motifs is 1. The van der Waals surface area contributed by atoms with Crippen LogP contribution in [0.1, 0.15) is 10.6 Å². The van der Waals surface area contributed by atoms with E-state index in [9.17, 15) is 4.79 Å². The number of benzene rings is 1. The van der Waals surface area contributed by atoms with E-state index < -0.39 is 0 Å². The van der Waals surface area contributed by atoms with Crippen molar-refractivity contribution in [3.8, 4) is 0 Å². The molecular weight excluding hydrogens is 310 g/mol. The molecule has 0 aliphatic carbocycles. The van der Waals surface area contributed by atoms with E-state index in [1.165, 1.54) is 10.1 Å². The summed E-state index contributed by atoms with van der Waals surface area (Å²) in [6.07, 6.45) is 1.11. The fourth-order valence-corrected chi connectivity index (χ4v) is 3.50. The lowest BCUT2D eigenvalue weighted by Gasteiger charge is -2.03. The molecule has 2 heterocycles. The molecule has 0 aliphatic rings. The van der Waals surface area contributed by atoms with E-state index in [1.807, 2.05) is 25.2 Å². The van der Waals surface area contributed by atoms with Crippen LogP contribution in [0.25, 0.3) is 10.1 Å². The first kappa shape index (κ1) is 15.7. The predicted octanol–water partition coefficient (Wildman–Crippen LogP) is 3.00. The third-order valence-electron chi connectivity index (χ3n) is 3.57. The standard InChI is InChI=1S/C17H19N3O2S/c1-20-16(10-13(19-20)7-8-22-2)18-17(21)11-14-9-12-5-3-4-6-15(12)23-14/h3-6,9-10H,7-8,11H2,1-2H3,(H,18,21). The number of ether oxygens (including phenoxy) is 1. The zero-order valence-electron chi connectivity index (χ0n) is 13.2. The number of aromatic nitrogens is 2. The van der Waals surface area contributed by atoms with Gasteiger partial charge in [-0.25, -0.2) is 0 Å². The average molecular weight is 329 g/mol. The molecule has 1 amide bonds. The van der Waals surface area contributed by atoms with Gasteiger partial charge in [0.1, 0.15) is 5.82 Å². The summed E-state index contributed by atoms with van der Waals surface area (Å²) in [5.41, 5.74) is 0.909. The number of methoxy groups -OCH3 is 1. The molecule has 3 aromatic rings. The lowest BCUT2D eigenvalue weighted by Crippen LogP contribution is -2.16. The summed E-state index contributed by atoms with van der Waals surface area (Å²) >= 11 is 1.66. The van der Waals surface area contributed by atoms with Crippen molar-refractivity contribution >= 4 is 33.1 Å². The molecule has 3 rings (SSSR count). The van der Waals surface area contributed by atoms with Crippen molar-refractivity contribution < 1.29 is 9.53 Å². The third-order valence-corrected chi connectivity index (χ3v) is 4.69. The second kappa shape index (κ2) is 6.93. The quantitative estimate of drug-likeness (QED) is 0.756. The molecule has 0 radical (unpaired) electrons. The zero-order chi connectivity index (χ0) is 16.2. The fraction of sp³-hybridized carbons (Fsp3) is 0.294. The van der Waals surface area contributed by atoms with Crippen molar-refractivity contribution in [1.29, 1.82) is 0 Å². The summed E-state index contributed by atoms with van der Waals surface area (Å²) in [6.45, 7) is 0.617. The Bertz CT molecular complexity index is 789. The Balaban J connectivity index is 1.66. The maximum Gasteiger partial charge on any atom is 0.230 e. The molecule has 0 bridgehead atoms. The summed E-state index contributed by atoms with van der Waals surface area (Å²) in [7, 11) is 3.49. The van der Waals surface area contributed by atoms with Crippen LogP contribution >= 0.6 is 11.3 Å². The summed E-state index contributed by atoms with van der Waals surface area (Å²) in [5, 5.41) is 8.48. The number of hydrogen-bond donors (Lipinski definition) is 1. The molecule has 0 aliphatic heterocycles. The number of thiophene rings is 1. The van der Waals surface area contributed by atoms with Gasteiger partial charge in [-0.2, -0.15) is 5.10 Å². The summed E-state index contributed by atoms with van der Waals surface area (Å²) in [5.74, 6) is 0.681. The van der Waals surface area contributed by atoms with Gasteiger partial charge in [-0.3, -0.25) is 9.48 Å². The molecule has 0 spiro atoms. The van der Waals surface area contributed by atoms with Gasteiger partial charge < -0.3 is 10.1 Å².